The van der Waals surface area contributed by atoms with Crippen LogP contribution in [-0.4, -0.2) is 9.55 Å². The minimum Gasteiger partial charge on any atom is -0.292 e. The molecule has 0 unspecified atom stereocenters. The number of nitrogens with zero attached hydrogens (tertiary/aromatic N) is 2. The van der Waals surface area contributed by atoms with E-state index in [1.807, 2.05) is 12.1 Å². The molecule has 0 saturated heterocycles. The largest absolute Gasteiger partial charge is 0.292 e. The van der Waals surface area contributed by atoms with Crippen molar-refractivity contribution in [2.75, 3.05) is 0 Å². The summed E-state index contributed by atoms with van der Waals surface area (Å²) in [6.45, 7) is 0. The summed E-state index contributed by atoms with van der Waals surface area (Å²) in [5.74, 6) is 0.851. The van der Waals surface area contributed by atoms with Gasteiger partial charge in [0, 0.05) is 11.3 Å². The Kier molecular flexibility index (Phi) is 6.40. The SMILES string of the molecule is c1c(-c2ccc3c(-c4ccccc4)c4ccccc4c(-c4ccccc4)c3c2)ccc(-c2nc3ccccc3n2-c2ccccc2)c#1. The quantitative estimate of drug-likeness (QED) is 0.181. The van der Waals surface area contributed by atoms with E-state index in [0.29, 0.717) is 0 Å². The van der Waals surface area contributed by atoms with Crippen LogP contribution in [0.2, 0.25) is 0 Å². The van der Waals surface area contributed by atoms with Gasteiger partial charge in [-0.1, -0.05) is 140 Å². The van der Waals surface area contributed by atoms with Crippen LogP contribution >= 0.6 is 0 Å². The molecule has 0 aliphatic rings. The molecule has 218 valence electrons. The van der Waals surface area contributed by atoms with Crippen LogP contribution in [0.5, 0.6) is 0 Å². The predicted molar refractivity (Wildman–Crippen MR) is 195 cm³/mol. The van der Waals surface area contributed by atoms with Crippen molar-refractivity contribution in [1.29, 1.82) is 0 Å². The van der Waals surface area contributed by atoms with E-state index in [2.05, 4.69) is 174 Å². The first kappa shape index (κ1) is 26.9. The van der Waals surface area contributed by atoms with Gasteiger partial charge in [0.15, 0.2) is 5.82 Å². The molecule has 0 N–H and O–H groups in total. The highest BCUT2D eigenvalue weighted by molar-refractivity contribution is 6.21. The minimum atomic E-state index is 0.851. The predicted octanol–water partition coefficient (Wildman–Crippen LogP) is 11.6. The number of rotatable bonds is 5. The maximum absolute atomic E-state index is 5.03. The molecule has 0 saturated carbocycles. The van der Waals surface area contributed by atoms with Gasteiger partial charge < -0.3 is 0 Å². The van der Waals surface area contributed by atoms with Crippen molar-refractivity contribution < 1.29 is 0 Å². The van der Waals surface area contributed by atoms with E-state index in [1.165, 1.54) is 43.8 Å². The highest BCUT2D eigenvalue weighted by Gasteiger charge is 2.18. The van der Waals surface area contributed by atoms with Gasteiger partial charge in [0.25, 0.3) is 0 Å². The zero-order chi connectivity index (χ0) is 31.2. The van der Waals surface area contributed by atoms with Gasteiger partial charge in [-0.3, -0.25) is 4.57 Å². The second-order valence-electron chi connectivity index (χ2n) is 11.8. The molecule has 0 aliphatic carbocycles. The number of aromatic nitrogens is 2. The summed E-state index contributed by atoms with van der Waals surface area (Å²) in [5, 5.41) is 4.94. The number of fused-ring (bicyclic) bond motifs is 3. The molecule has 9 aromatic rings. The molecule has 2 heteroatoms. The fourth-order valence-corrected chi connectivity index (χ4v) is 6.91. The van der Waals surface area contributed by atoms with Crippen LogP contribution in [0.3, 0.4) is 0 Å². The summed E-state index contributed by atoms with van der Waals surface area (Å²) in [7, 11) is 0. The lowest BCUT2D eigenvalue weighted by atomic mass is 9.85. The average molecular weight is 597 g/mol. The Morgan fingerprint density at radius 3 is 1.60 bits per heavy atom. The molecule has 0 amide bonds. The fourth-order valence-electron chi connectivity index (χ4n) is 6.91. The van der Waals surface area contributed by atoms with Crippen molar-refractivity contribution in [1.82, 2.24) is 9.55 Å². The van der Waals surface area contributed by atoms with Gasteiger partial charge in [-0.2, -0.15) is 0 Å². The molecule has 0 fully saturated rings. The van der Waals surface area contributed by atoms with Gasteiger partial charge in [-0.25, -0.2) is 4.98 Å². The summed E-state index contributed by atoms with van der Waals surface area (Å²) in [4.78, 5) is 5.03. The summed E-state index contributed by atoms with van der Waals surface area (Å²) in [5.41, 5.74) is 11.0. The van der Waals surface area contributed by atoms with Crippen molar-refractivity contribution >= 4 is 32.6 Å². The van der Waals surface area contributed by atoms with Crippen LogP contribution < -0.4 is 0 Å². The molecule has 0 spiro atoms. The van der Waals surface area contributed by atoms with E-state index in [4.69, 9.17) is 4.98 Å². The molecule has 2 nitrogen and oxygen atoms in total. The molecule has 0 aliphatic heterocycles. The van der Waals surface area contributed by atoms with Crippen molar-refractivity contribution in [3.05, 3.63) is 182 Å². The first-order chi connectivity index (χ1) is 23.3. The van der Waals surface area contributed by atoms with E-state index in [0.717, 1.165) is 39.2 Å². The van der Waals surface area contributed by atoms with Gasteiger partial charge in [-0.05, 0) is 91.8 Å². The van der Waals surface area contributed by atoms with E-state index in [-0.39, 0.29) is 0 Å². The molecule has 0 atom stereocenters. The Morgan fingerprint density at radius 2 is 0.936 bits per heavy atom. The average Bonchev–Trinajstić information content (AvgIpc) is 3.54. The second-order valence-corrected chi connectivity index (χ2v) is 11.8. The highest BCUT2D eigenvalue weighted by Crippen LogP contribution is 2.44. The Morgan fingerprint density at radius 1 is 0.404 bits per heavy atom. The molecule has 0 radical (unpaired) electrons. The third kappa shape index (κ3) is 4.57. The van der Waals surface area contributed by atoms with E-state index < -0.39 is 0 Å². The van der Waals surface area contributed by atoms with Crippen LogP contribution in [0.15, 0.2) is 170 Å². The Labute approximate surface area is 273 Å². The smallest absolute Gasteiger partial charge is 0.154 e. The minimum absolute atomic E-state index is 0.851. The summed E-state index contributed by atoms with van der Waals surface area (Å²) in [6.07, 6.45) is 0. The Balaban J connectivity index is 1.23. The van der Waals surface area contributed by atoms with Crippen molar-refractivity contribution in [3.63, 3.8) is 0 Å². The first-order valence-corrected chi connectivity index (χ1v) is 15.9. The normalized spacial score (nSPS) is 11.2. The number of hydrogen-bond donors (Lipinski definition) is 0. The lowest BCUT2D eigenvalue weighted by Crippen LogP contribution is -1.96. The molecule has 0 bridgehead atoms. The Bertz CT molecular complexity index is 2530. The molecular weight excluding hydrogens is 569 g/mol. The van der Waals surface area contributed by atoms with Gasteiger partial charge >= 0.3 is 0 Å². The first-order valence-electron chi connectivity index (χ1n) is 15.9. The fraction of sp³-hybridized carbons (Fsp3) is 0. The maximum atomic E-state index is 5.03. The zero-order valence-electron chi connectivity index (χ0n) is 25.6. The van der Waals surface area contributed by atoms with Crippen LogP contribution in [-0.2, 0) is 0 Å². The molecule has 9 rings (SSSR count). The number of imidazole rings is 1. The lowest BCUT2D eigenvalue weighted by molar-refractivity contribution is 1.10. The lowest BCUT2D eigenvalue weighted by Gasteiger charge is -2.18. The zero-order valence-corrected chi connectivity index (χ0v) is 25.6. The van der Waals surface area contributed by atoms with Crippen LogP contribution in [0.1, 0.15) is 0 Å². The summed E-state index contributed by atoms with van der Waals surface area (Å²) < 4.78 is 2.20. The second kappa shape index (κ2) is 11.2. The third-order valence-electron chi connectivity index (χ3n) is 9.02. The van der Waals surface area contributed by atoms with E-state index in [1.54, 1.807) is 0 Å². The van der Waals surface area contributed by atoms with Crippen molar-refractivity contribution in [2.45, 2.75) is 0 Å². The standard InChI is InChI=1S/C45H28N2/c1-4-14-32(15-5-1)43-37-20-10-11-21-38(37)44(33-16-6-2-7-17-33)40-30-35(28-29-39(40)43)31-24-26-34(27-25-31)45-46-41-22-12-13-23-42(41)47(45)36-18-8-3-9-19-36/h1-24,26,28-30H. The Hall–Kier alpha value is -6.43. The molecule has 1 aromatic heterocycles. The van der Waals surface area contributed by atoms with E-state index >= 15 is 0 Å². The molecule has 8 aromatic carbocycles. The van der Waals surface area contributed by atoms with Gasteiger partial charge in [0.1, 0.15) is 0 Å². The maximum Gasteiger partial charge on any atom is 0.154 e. The number of benzene rings is 7. The van der Waals surface area contributed by atoms with Crippen LogP contribution in [0.25, 0.3) is 83.0 Å². The number of hydrogen-bond acceptors (Lipinski definition) is 1. The van der Waals surface area contributed by atoms with Gasteiger partial charge in [0.05, 0.1) is 16.6 Å². The highest BCUT2D eigenvalue weighted by atomic mass is 15.1. The van der Waals surface area contributed by atoms with Crippen molar-refractivity contribution in [2.24, 2.45) is 0 Å². The third-order valence-corrected chi connectivity index (χ3v) is 9.02. The molecular formula is C45H28N2. The molecule has 1 heterocycles. The van der Waals surface area contributed by atoms with Crippen LogP contribution in [0, 0.1) is 12.1 Å². The monoisotopic (exact) mass is 596 g/mol. The topological polar surface area (TPSA) is 17.8 Å². The van der Waals surface area contributed by atoms with Crippen molar-refractivity contribution in [3.8, 4) is 50.5 Å². The van der Waals surface area contributed by atoms with Crippen LogP contribution in [0.4, 0.5) is 0 Å². The van der Waals surface area contributed by atoms with Gasteiger partial charge in [0.2, 0.25) is 0 Å². The molecule has 47 heavy (non-hydrogen) atoms. The summed E-state index contributed by atoms with van der Waals surface area (Å²) in [6, 6.07) is 67.0. The number of para-hydroxylation sites is 3. The summed E-state index contributed by atoms with van der Waals surface area (Å²) >= 11 is 0. The van der Waals surface area contributed by atoms with E-state index in [9.17, 15) is 0 Å². The van der Waals surface area contributed by atoms with Gasteiger partial charge in [-0.15, -0.1) is 0 Å².